The zero-order valence-corrected chi connectivity index (χ0v) is 19.2. The van der Waals surface area contributed by atoms with E-state index in [0.29, 0.717) is 29.0 Å². The van der Waals surface area contributed by atoms with Crippen LogP contribution in [0.4, 0.5) is 4.39 Å². The lowest BCUT2D eigenvalue weighted by atomic mass is 10.00. The average molecular weight is 453 g/mol. The Labute approximate surface area is 186 Å². The van der Waals surface area contributed by atoms with Gasteiger partial charge in [-0.1, -0.05) is 19.6 Å². The third-order valence-electron chi connectivity index (χ3n) is 5.16. The number of aromatic carboxylic acids is 1. The predicted octanol–water partition coefficient (Wildman–Crippen LogP) is 5.01. The third kappa shape index (κ3) is 4.63. The Balaban J connectivity index is 1.81. The second kappa shape index (κ2) is 8.68. The average Bonchev–Trinajstić information content (AvgIpc) is 3.35. The number of rotatable bonds is 8. The largest absolute Gasteiger partial charge is 0.477 e. The Morgan fingerprint density at radius 3 is 2.53 bits per heavy atom. The van der Waals surface area contributed by atoms with Crippen molar-refractivity contribution in [1.29, 1.82) is 0 Å². The van der Waals surface area contributed by atoms with Crippen molar-refractivity contribution >= 4 is 19.7 Å². The molecule has 0 spiro atoms. The van der Waals surface area contributed by atoms with Gasteiger partial charge in [0.05, 0.1) is 0 Å². The minimum absolute atomic E-state index is 0.0215. The number of pyridine rings is 1. The number of aromatic nitrogens is 4. The lowest BCUT2D eigenvalue weighted by Gasteiger charge is -2.15. The molecule has 0 atom stereocenters. The van der Waals surface area contributed by atoms with Gasteiger partial charge < -0.3 is 14.2 Å². The molecule has 3 heterocycles. The second-order valence-electron chi connectivity index (χ2n) is 8.84. The van der Waals surface area contributed by atoms with E-state index >= 15 is 0 Å². The summed E-state index contributed by atoms with van der Waals surface area (Å²) in [5.41, 5.74) is 2.97. The molecule has 7 nitrogen and oxygen atoms in total. The Morgan fingerprint density at radius 2 is 1.84 bits per heavy atom. The first-order valence-electron chi connectivity index (χ1n) is 10.3. The molecule has 0 saturated heterocycles. The van der Waals surface area contributed by atoms with E-state index in [1.54, 1.807) is 24.5 Å². The summed E-state index contributed by atoms with van der Waals surface area (Å²) >= 11 is 0. The van der Waals surface area contributed by atoms with Crippen molar-refractivity contribution in [1.82, 2.24) is 19.2 Å². The van der Waals surface area contributed by atoms with Gasteiger partial charge in [-0.15, -0.1) is 0 Å². The lowest BCUT2D eigenvalue weighted by Crippen LogP contribution is -2.22. The van der Waals surface area contributed by atoms with E-state index in [2.05, 4.69) is 29.7 Å². The number of carboxylic acid groups (broad SMARTS) is 1. The summed E-state index contributed by atoms with van der Waals surface area (Å²) in [6.45, 7) is 7.32. The molecule has 1 N–H and O–H groups in total. The molecule has 0 aliphatic heterocycles. The zero-order valence-electron chi connectivity index (χ0n) is 18.2. The van der Waals surface area contributed by atoms with Crippen LogP contribution in [0.2, 0.25) is 25.7 Å². The van der Waals surface area contributed by atoms with Crippen molar-refractivity contribution in [2.24, 2.45) is 0 Å². The SMILES string of the molecule is C[Si](C)(C)CCOCn1nc(-c2ccc(F)cc2)c(-c2ccc3nccn3c2)c1C(=O)O. The van der Waals surface area contributed by atoms with Gasteiger partial charge in [-0.25, -0.2) is 18.9 Å². The van der Waals surface area contributed by atoms with Crippen molar-refractivity contribution < 1.29 is 19.0 Å². The minimum Gasteiger partial charge on any atom is -0.477 e. The van der Waals surface area contributed by atoms with Gasteiger partial charge in [-0.3, -0.25) is 0 Å². The highest BCUT2D eigenvalue weighted by atomic mass is 28.3. The van der Waals surface area contributed by atoms with E-state index in [1.165, 1.54) is 16.8 Å². The number of fused-ring (bicyclic) bond motifs is 1. The van der Waals surface area contributed by atoms with E-state index in [1.807, 2.05) is 22.7 Å². The maximum Gasteiger partial charge on any atom is 0.354 e. The van der Waals surface area contributed by atoms with Crippen LogP contribution < -0.4 is 0 Å². The fourth-order valence-corrected chi connectivity index (χ4v) is 4.21. The second-order valence-corrected chi connectivity index (χ2v) is 14.5. The molecule has 4 aromatic rings. The predicted molar refractivity (Wildman–Crippen MR) is 123 cm³/mol. The van der Waals surface area contributed by atoms with Crippen LogP contribution in [-0.4, -0.2) is 44.9 Å². The minimum atomic E-state index is -1.28. The normalized spacial score (nSPS) is 11.9. The number of imidazole rings is 1. The van der Waals surface area contributed by atoms with Crippen molar-refractivity contribution in [2.75, 3.05) is 6.61 Å². The summed E-state index contributed by atoms with van der Waals surface area (Å²) < 4.78 is 22.5. The number of hydrogen-bond donors (Lipinski definition) is 1. The van der Waals surface area contributed by atoms with Gasteiger partial charge in [0.15, 0.2) is 5.69 Å². The molecule has 0 aliphatic carbocycles. The third-order valence-corrected chi connectivity index (χ3v) is 6.86. The van der Waals surface area contributed by atoms with Gasteiger partial charge in [-0.05, 0) is 42.4 Å². The van der Waals surface area contributed by atoms with Crippen molar-refractivity contribution in [3.63, 3.8) is 0 Å². The Bertz CT molecular complexity index is 1260. The number of carboxylic acids is 1. The summed E-state index contributed by atoms with van der Waals surface area (Å²) in [7, 11) is -1.28. The molecule has 4 rings (SSSR count). The first-order chi connectivity index (χ1) is 15.2. The lowest BCUT2D eigenvalue weighted by molar-refractivity contribution is 0.0592. The molecule has 0 unspecified atom stereocenters. The molecule has 9 heteroatoms. The standard InChI is InChI=1S/C23H25FN4O3Si/c1-32(2,3)13-12-31-15-28-22(23(29)30)20(17-6-9-19-25-10-11-27(19)14-17)21(26-28)16-4-7-18(24)8-5-16/h4-11,14H,12-13,15H2,1-3H3,(H,29,30). The molecular formula is C23H25FN4O3Si. The molecule has 1 aromatic carbocycles. The van der Waals surface area contributed by atoms with Crippen molar-refractivity contribution in [2.45, 2.75) is 32.4 Å². The zero-order chi connectivity index (χ0) is 22.9. The summed E-state index contributed by atoms with van der Waals surface area (Å²) in [5.74, 6) is -1.48. The fourth-order valence-electron chi connectivity index (χ4n) is 3.45. The first-order valence-corrected chi connectivity index (χ1v) is 14.0. The first kappa shape index (κ1) is 21.9. The quantitative estimate of drug-likeness (QED) is 0.300. The van der Waals surface area contributed by atoms with E-state index in [9.17, 15) is 14.3 Å². The molecule has 0 bridgehead atoms. The highest BCUT2D eigenvalue weighted by Crippen LogP contribution is 2.35. The van der Waals surface area contributed by atoms with Gasteiger partial charge in [0.25, 0.3) is 0 Å². The summed E-state index contributed by atoms with van der Waals surface area (Å²) in [4.78, 5) is 16.6. The molecule has 32 heavy (non-hydrogen) atoms. The molecule has 0 amide bonds. The highest BCUT2D eigenvalue weighted by Gasteiger charge is 2.26. The van der Waals surface area contributed by atoms with Crippen LogP contribution in [0.15, 0.2) is 55.0 Å². The topological polar surface area (TPSA) is 81.6 Å². The fraction of sp³-hybridized carbons (Fsp3) is 0.261. The number of nitrogens with zero attached hydrogens (tertiary/aromatic N) is 4. The van der Waals surface area contributed by atoms with Crippen LogP contribution in [0.3, 0.4) is 0 Å². The van der Waals surface area contributed by atoms with Crippen molar-refractivity contribution in [3.05, 3.63) is 66.5 Å². The van der Waals surface area contributed by atoms with Gasteiger partial charge in [-0.2, -0.15) is 5.10 Å². The summed E-state index contributed by atoms with van der Waals surface area (Å²) in [6, 6.07) is 10.5. The van der Waals surface area contributed by atoms with Crippen LogP contribution >= 0.6 is 0 Å². The molecule has 3 aromatic heterocycles. The Kier molecular flexibility index (Phi) is 5.94. The molecule has 0 aliphatic rings. The van der Waals surface area contributed by atoms with Crippen molar-refractivity contribution in [3.8, 4) is 22.4 Å². The van der Waals surface area contributed by atoms with Gasteiger partial charge in [0, 0.05) is 50.0 Å². The van der Waals surface area contributed by atoms with Gasteiger partial charge in [0.1, 0.15) is 23.9 Å². The molecule has 0 radical (unpaired) electrons. The Hall–Kier alpha value is -3.30. The van der Waals surface area contributed by atoms with Crippen LogP contribution in [0.25, 0.3) is 28.0 Å². The maximum atomic E-state index is 13.5. The maximum absolute atomic E-state index is 13.5. The molecule has 166 valence electrons. The number of halogens is 1. The van der Waals surface area contributed by atoms with Crippen LogP contribution in [0.1, 0.15) is 10.5 Å². The number of benzene rings is 1. The van der Waals surface area contributed by atoms with Gasteiger partial charge >= 0.3 is 5.97 Å². The van der Waals surface area contributed by atoms with E-state index in [-0.39, 0.29) is 18.2 Å². The highest BCUT2D eigenvalue weighted by molar-refractivity contribution is 6.76. The number of carbonyl (C=O) groups is 1. The molecule has 0 fully saturated rings. The monoisotopic (exact) mass is 452 g/mol. The van der Waals surface area contributed by atoms with E-state index in [0.717, 1.165) is 11.7 Å². The van der Waals surface area contributed by atoms with E-state index < -0.39 is 14.0 Å². The smallest absolute Gasteiger partial charge is 0.354 e. The molecule has 0 saturated carbocycles. The Morgan fingerprint density at radius 1 is 1.12 bits per heavy atom. The summed E-state index contributed by atoms with van der Waals surface area (Å²) in [6.07, 6.45) is 5.28. The number of hydrogen-bond acceptors (Lipinski definition) is 4. The van der Waals surface area contributed by atoms with Crippen LogP contribution in [0.5, 0.6) is 0 Å². The van der Waals surface area contributed by atoms with E-state index in [4.69, 9.17) is 4.74 Å². The van der Waals surface area contributed by atoms with Crippen LogP contribution in [0, 0.1) is 5.82 Å². The number of ether oxygens (including phenoxy) is 1. The summed E-state index contributed by atoms with van der Waals surface area (Å²) in [5, 5.41) is 14.7. The van der Waals surface area contributed by atoms with Gasteiger partial charge in [0.2, 0.25) is 0 Å². The molecular weight excluding hydrogens is 427 g/mol. The van der Waals surface area contributed by atoms with Crippen LogP contribution in [-0.2, 0) is 11.5 Å².